The molecular weight excluding hydrogens is 381 g/mol. The van der Waals surface area contributed by atoms with E-state index in [2.05, 4.69) is 22.3 Å². The van der Waals surface area contributed by atoms with Crippen molar-refractivity contribution in [3.8, 4) is 0 Å². The van der Waals surface area contributed by atoms with E-state index < -0.39 is 18.3 Å². The number of nitrogens with zero attached hydrogens (tertiary/aromatic N) is 2. The molecule has 2 N–H and O–H groups in total. The van der Waals surface area contributed by atoms with Gasteiger partial charge in [0.05, 0.1) is 5.71 Å². The Morgan fingerprint density at radius 2 is 1.96 bits per heavy atom. The number of aliphatic imine (C=N–C) groups is 1. The lowest BCUT2D eigenvalue weighted by molar-refractivity contribution is -0.135. The predicted octanol–water partition coefficient (Wildman–Crippen LogP) is 3.91. The number of benzene rings is 2. The second-order valence-corrected chi connectivity index (χ2v) is 7.36. The molecule has 148 valence electrons. The van der Waals surface area contributed by atoms with Crippen molar-refractivity contribution in [2.75, 3.05) is 32.0 Å². The first-order valence-corrected chi connectivity index (χ1v) is 9.58. The molecule has 0 aliphatic carbocycles. The molecule has 1 fully saturated rings. The van der Waals surface area contributed by atoms with Gasteiger partial charge in [-0.1, -0.05) is 29.8 Å². The highest BCUT2D eigenvalue weighted by atomic mass is 35.5. The van der Waals surface area contributed by atoms with Crippen molar-refractivity contribution in [2.24, 2.45) is 4.99 Å². The van der Waals surface area contributed by atoms with E-state index in [0.29, 0.717) is 21.9 Å². The molecule has 1 heterocycles. The van der Waals surface area contributed by atoms with Gasteiger partial charge in [-0.05, 0) is 57.2 Å². The maximum Gasteiger partial charge on any atom is 0.325 e. The molecule has 1 aliphatic heterocycles. The third kappa shape index (κ3) is 5.09. The van der Waals surface area contributed by atoms with Gasteiger partial charge in [-0.3, -0.25) is 9.79 Å². The molecule has 2 aromatic carbocycles. The van der Waals surface area contributed by atoms with E-state index in [9.17, 15) is 9.18 Å². The molecule has 0 amide bonds. The van der Waals surface area contributed by atoms with Crippen LogP contribution in [0.4, 0.5) is 10.1 Å². The first kappa shape index (κ1) is 20.3. The maximum atomic E-state index is 14.1. The Morgan fingerprint density at radius 3 is 2.64 bits per heavy atom. The molecule has 5 nitrogen and oxygen atoms in total. The molecule has 0 bridgehead atoms. The van der Waals surface area contributed by atoms with E-state index in [0.717, 1.165) is 31.6 Å². The van der Waals surface area contributed by atoms with Gasteiger partial charge in [0, 0.05) is 27.9 Å². The van der Waals surface area contributed by atoms with Gasteiger partial charge >= 0.3 is 5.97 Å². The topological polar surface area (TPSA) is 64.9 Å². The number of anilines is 1. The quantitative estimate of drug-likeness (QED) is 0.718. The van der Waals surface area contributed by atoms with Gasteiger partial charge < -0.3 is 15.3 Å². The minimum absolute atomic E-state index is 0.257. The van der Waals surface area contributed by atoms with Crippen molar-refractivity contribution in [1.82, 2.24) is 4.90 Å². The molecule has 2 aromatic rings. The highest BCUT2D eigenvalue weighted by molar-refractivity contribution is 6.35. The summed E-state index contributed by atoms with van der Waals surface area (Å²) >= 11 is 6.34. The number of halogens is 2. The maximum absolute atomic E-state index is 14.1. The van der Waals surface area contributed by atoms with E-state index in [1.54, 1.807) is 30.3 Å². The third-order valence-electron chi connectivity index (χ3n) is 4.82. The van der Waals surface area contributed by atoms with Crippen LogP contribution in [-0.2, 0) is 4.79 Å². The number of hydrogen-bond acceptors (Lipinski definition) is 4. The van der Waals surface area contributed by atoms with Gasteiger partial charge in [0.15, 0.2) is 0 Å². The minimum Gasteiger partial charge on any atom is -0.480 e. The Labute approximate surface area is 168 Å². The van der Waals surface area contributed by atoms with Crippen LogP contribution in [0.2, 0.25) is 5.02 Å². The summed E-state index contributed by atoms with van der Waals surface area (Å²) in [6.45, 7) is 1.54. The summed E-state index contributed by atoms with van der Waals surface area (Å²) in [6.07, 6.45) is 1.95. The molecule has 0 saturated carbocycles. The van der Waals surface area contributed by atoms with Crippen molar-refractivity contribution >= 4 is 29.0 Å². The Balaban J connectivity index is 2.01. The number of carboxylic acid groups (broad SMARTS) is 1. The summed E-state index contributed by atoms with van der Waals surface area (Å²) in [5.74, 6) is -1.48. The molecule has 0 radical (unpaired) electrons. The van der Waals surface area contributed by atoms with Crippen molar-refractivity contribution in [3.05, 3.63) is 64.4 Å². The average molecular weight is 404 g/mol. The Hall–Kier alpha value is -2.44. The Kier molecular flexibility index (Phi) is 6.65. The van der Waals surface area contributed by atoms with Crippen LogP contribution in [0.3, 0.4) is 0 Å². The monoisotopic (exact) mass is 403 g/mol. The van der Waals surface area contributed by atoms with Gasteiger partial charge in [0.25, 0.3) is 0 Å². The van der Waals surface area contributed by atoms with Gasteiger partial charge in [0.2, 0.25) is 0 Å². The smallest absolute Gasteiger partial charge is 0.325 e. The van der Waals surface area contributed by atoms with Crippen molar-refractivity contribution < 1.29 is 14.3 Å². The minimum atomic E-state index is -1.06. The van der Waals surface area contributed by atoms with E-state index in [4.69, 9.17) is 16.7 Å². The largest absolute Gasteiger partial charge is 0.480 e. The van der Waals surface area contributed by atoms with Crippen LogP contribution in [0, 0.1) is 5.82 Å². The summed E-state index contributed by atoms with van der Waals surface area (Å²) in [5, 5.41) is 13.0. The van der Waals surface area contributed by atoms with E-state index in [1.807, 2.05) is 0 Å². The first-order valence-electron chi connectivity index (χ1n) is 9.20. The SMILES string of the molecule is CN1CCC(Nc2ccc(F)cc2/C(=N/CC(=O)O)c2ccccc2Cl)CC1. The second-order valence-electron chi connectivity index (χ2n) is 6.95. The van der Waals surface area contributed by atoms with Crippen LogP contribution in [0.1, 0.15) is 24.0 Å². The highest BCUT2D eigenvalue weighted by Crippen LogP contribution is 2.27. The van der Waals surface area contributed by atoms with Gasteiger partial charge in [-0.25, -0.2) is 4.39 Å². The molecule has 0 atom stereocenters. The summed E-state index contributed by atoms with van der Waals surface area (Å²) in [4.78, 5) is 17.6. The number of aliphatic carboxylic acids is 1. The lowest BCUT2D eigenvalue weighted by Gasteiger charge is -2.31. The van der Waals surface area contributed by atoms with E-state index in [1.165, 1.54) is 12.1 Å². The Morgan fingerprint density at radius 1 is 1.25 bits per heavy atom. The van der Waals surface area contributed by atoms with Crippen LogP contribution in [0.5, 0.6) is 0 Å². The summed E-state index contributed by atoms with van der Waals surface area (Å²) < 4.78 is 14.1. The number of carboxylic acids is 1. The van der Waals surface area contributed by atoms with Crippen molar-refractivity contribution in [3.63, 3.8) is 0 Å². The fraction of sp³-hybridized carbons (Fsp3) is 0.333. The zero-order valence-electron chi connectivity index (χ0n) is 15.7. The fourth-order valence-electron chi connectivity index (χ4n) is 3.33. The number of rotatable bonds is 6. The normalized spacial score (nSPS) is 16.2. The van der Waals surface area contributed by atoms with Crippen LogP contribution in [-0.4, -0.2) is 54.4 Å². The van der Waals surface area contributed by atoms with Crippen molar-refractivity contribution in [1.29, 1.82) is 0 Å². The van der Waals surface area contributed by atoms with Crippen LogP contribution in [0.25, 0.3) is 0 Å². The summed E-state index contributed by atoms with van der Waals surface area (Å²) in [6, 6.07) is 11.7. The summed E-state index contributed by atoms with van der Waals surface area (Å²) in [7, 11) is 2.09. The lowest BCUT2D eigenvalue weighted by Crippen LogP contribution is -2.37. The zero-order chi connectivity index (χ0) is 20.1. The molecule has 7 heteroatoms. The molecule has 1 aliphatic rings. The molecule has 28 heavy (non-hydrogen) atoms. The van der Waals surface area contributed by atoms with Gasteiger partial charge in [-0.15, -0.1) is 0 Å². The lowest BCUT2D eigenvalue weighted by atomic mass is 9.98. The summed E-state index contributed by atoms with van der Waals surface area (Å²) in [5.41, 5.74) is 2.17. The first-order chi connectivity index (χ1) is 13.4. The molecular formula is C21H23ClFN3O2. The fourth-order valence-corrected chi connectivity index (χ4v) is 3.55. The van der Waals surface area contributed by atoms with Gasteiger partial charge in [-0.2, -0.15) is 0 Å². The standard InChI is InChI=1S/C21H23ClFN3O2/c1-26-10-8-15(9-11-26)25-19-7-6-14(23)12-17(19)21(24-13-20(27)28)16-4-2-3-5-18(16)22/h2-7,12,15,25H,8-11,13H2,1H3,(H,27,28)/b24-21+. The van der Waals surface area contributed by atoms with Crippen LogP contribution in [0.15, 0.2) is 47.5 Å². The number of hydrogen-bond donors (Lipinski definition) is 2. The molecule has 0 unspecified atom stereocenters. The highest BCUT2D eigenvalue weighted by Gasteiger charge is 2.20. The zero-order valence-corrected chi connectivity index (χ0v) is 16.4. The Bertz CT molecular complexity index is 880. The van der Waals surface area contributed by atoms with E-state index >= 15 is 0 Å². The van der Waals surface area contributed by atoms with E-state index in [-0.39, 0.29) is 6.04 Å². The van der Waals surface area contributed by atoms with Crippen LogP contribution < -0.4 is 5.32 Å². The molecule has 0 spiro atoms. The number of likely N-dealkylation sites (tertiary alicyclic amines) is 1. The predicted molar refractivity (Wildman–Crippen MR) is 110 cm³/mol. The van der Waals surface area contributed by atoms with Crippen LogP contribution >= 0.6 is 11.6 Å². The third-order valence-corrected chi connectivity index (χ3v) is 5.15. The number of carbonyl (C=O) groups is 1. The average Bonchev–Trinajstić information content (AvgIpc) is 2.66. The number of nitrogens with one attached hydrogen (secondary N) is 1. The molecule has 3 rings (SSSR count). The van der Waals surface area contributed by atoms with Gasteiger partial charge in [0.1, 0.15) is 12.4 Å². The molecule has 1 saturated heterocycles. The molecule has 0 aromatic heterocycles. The van der Waals surface area contributed by atoms with Crippen molar-refractivity contribution in [2.45, 2.75) is 18.9 Å². The second kappa shape index (κ2) is 9.17. The number of piperidine rings is 1.